The van der Waals surface area contributed by atoms with Crippen LogP contribution in [0.5, 0.6) is 0 Å². The first kappa shape index (κ1) is 21.9. The van der Waals surface area contributed by atoms with E-state index in [0.717, 1.165) is 24.8 Å². The van der Waals surface area contributed by atoms with Crippen molar-refractivity contribution >= 4 is 21.6 Å². The minimum atomic E-state index is -3.84. The molecule has 2 aromatic rings. The van der Waals surface area contributed by atoms with Crippen LogP contribution in [0.1, 0.15) is 48.2 Å². The SMILES string of the molecule is CCCCc1ccc(NS(=O)(=O)c2cc(C(=O)NC(C)CO)ccc2C)cc1. The highest BCUT2D eigenvalue weighted by atomic mass is 32.2. The molecule has 0 radical (unpaired) electrons. The van der Waals surface area contributed by atoms with Gasteiger partial charge in [0.2, 0.25) is 0 Å². The second kappa shape index (κ2) is 9.71. The quantitative estimate of drug-likeness (QED) is 0.598. The standard InChI is InChI=1S/C21H28N2O4S/c1-4-5-6-17-8-11-19(12-9-17)23-28(26,27)20-13-18(10-7-15(20)2)21(25)22-16(3)14-24/h7-13,16,23-24H,4-6,14H2,1-3H3,(H,22,25). The number of benzene rings is 2. The Morgan fingerprint density at radius 2 is 1.82 bits per heavy atom. The average molecular weight is 405 g/mol. The fourth-order valence-electron chi connectivity index (χ4n) is 2.71. The monoisotopic (exact) mass is 404 g/mol. The molecule has 0 spiro atoms. The predicted molar refractivity (Wildman–Crippen MR) is 111 cm³/mol. The van der Waals surface area contributed by atoms with Crippen molar-refractivity contribution in [3.05, 3.63) is 59.2 Å². The molecule has 2 aromatic carbocycles. The summed E-state index contributed by atoms with van der Waals surface area (Å²) in [6.45, 7) is 5.28. The third kappa shape index (κ3) is 5.81. The van der Waals surface area contributed by atoms with Gasteiger partial charge in [-0.2, -0.15) is 0 Å². The van der Waals surface area contributed by atoms with Crippen LogP contribution in [0.3, 0.4) is 0 Å². The van der Waals surface area contributed by atoms with Crippen LogP contribution in [0, 0.1) is 6.92 Å². The molecule has 0 saturated heterocycles. The van der Waals surface area contributed by atoms with Crippen molar-refractivity contribution in [2.75, 3.05) is 11.3 Å². The van der Waals surface area contributed by atoms with E-state index in [0.29, 0.717) is 11.3 Å². The lowest BCUT2D eigenvalue weighted by atomic mass is 10.1. The lowest BCUT2D eigenvalue weighted by Gasteiger charge is -2.14. The molecule has 0 saturated carbocycles. The Morgan fingerprint density at radius 3 is 2.43 bits per heavy atom. The fourth-order valence-corrected chi connectivity index (χ4v) is 4.04. The van der Waals surface area contributed by atoms with E-state index in [1.54, 1.807) is 38.1 Å². The zero-order chi connectivity index (χ0) is 20.7. The van der Waals surface area contributed by atoms with Gasteiger partial charge < -0.3 is 10.4 Å². The average Bonchev–Trinajstić information content (AvgIpc) is 2.67. The van der Waals surface area contributed by atoms with Gasteiger partial charge in [0, 0.05) is 17.3 Å². The number of aliphatic hydroxyl groups excluding tert-OH is 1. The first-order valence-electron chi connectivity index (χ1n) is 9.41. The molecular weight excluding hydrogens is 376 g/mol. The Kier molecular flexibility index (Phi) is 7.60. The smallest absolute Gasteiger partial charge is 0.262 e. The van der Waals surface area contributed by atoms with Crippen molar-refractivity contribution in [2.45, 2.75) is 51.0 Å². The maximum absolute atomic E-state index is 12.8. The van der Waals surface area contributed by atoms with Crippen LogP contribution >= 0.6 is 0 Å². The number of hydrogen-bond donors (Lipinski definition) is 3. The molecule has 7 heteroatoms. The van der Waals surface area contributed by atoms with Crippen LogP contribution < -0.4 is 10.0 Å². The summed E-state index contributed by atoms with van der Waals surface area (Å²) in [4.78, 5) is 12.3. The van der Waals surface area contributed by atoms with E-state index in [1.807, 2.05) is 12.1 Å². The second-order valence-electron chi connectivity index (χ2n) is 6.94. The summed E-state index contributed by atoms with van der Waals surface area (Å²) >= 11 is 0. The van der Waals surface area contributed by atoms with Crippen molar-refractivity contribution in [2.24, 2.45) is 0 Å². The Hall–Kier alpha value is -2.38. The van der Waals surface area contributed by atoms with Crippen molar-refractivity contribution in [3.8, 4) is 0 Å². The van der Waals surface area contributed by atoms with Gasteiger partial charge in [-0.25, -0.2) is 8.42 Å². The highest BCUT2D eigenvalue weighted by Gasteiger charge is 2.20. The second-order valence-corrected chi connectivity index (χ2v) is 8.59. The van der Waals surface area contributed by atoms with E-state index in [4.69, 9.17) is 5.11 Å². The van der Waals surface area contributed by atoms with E-state index < -0.39 is 22.0 Å². The molecular formula is C21H28N2O4S. The number of amides is 1. The third-order valence-electron chi connectivity index (χ3n) is 4.42. The summed E-state index contributed by atoms with van der Waals surface area (Å²) in [5.74, 6) is -0.432. The van der Waals surface area contributed by atoms with Gasteiger partial charge in [0.25, 0.3) is 15.9 Å². The maximum atomic E-state index is 12.8. The van der Waals surface area contributed by atoms with Gasteiger partial charge in [-0.15, -0.1) is 0 Å². The van der Waals surface area contributed by atoms with Crippen LogP contribution in [0.25, 0.3) is 0 Å². The number of anilines is 1. The van der Waals surface area contributed by atoms with Gasteiger partial charge in [0.1, 0.15) is 0 Å². The minimum absolute atomic E-state index is 0.0480. The topological polar surface area (TPSA) is 95.5 Å². The van der Waals surface area contributed by atoms with Gasteiger partial charge in [-0.05, 0) is 62.1 Å². The number of aliphatic hydroxyl groups is 1. The van der Waals surface area contributed by atoms with Gasteiger partial charge in [0.05, 0.1) is 11.5 Å². The van der Waals surface area contributed by atoms with Crippen molar-refractivity contribution in [1.29, 1.82) is 0 Å². The summed E-state index contributed by atoms with van der Waals surface area (Å²) in [5.41, 5.74) is 2.40. The molecule has 0 bridgehead atoms. The molecule has 0 aliphatic rings. The highest BCUT2D eigenvalue weighted by molar-refractivity contribution is 7.92. The number of nitrogens with one attached hydrogen (secondary N) is 2. The Balaban J connectivity index is 2.22. The Morgan fingerprint density at radius 1 is 1.14 bits per heavy atom. The molecule has 152 valence electrons. The number of hydrogen-bond acceptors (Lipinski definition) is 4. The van der Waals surface area contributed by atoms with Crippen LogP contribution in [0.4, 0.5) is 5.69 Å². The highest BCUT2D eigenvalue weighted by Crippen LogP contribution is 2.21. The number of sulfonamides is 1. The van der Waals surface area contributed by atoms with Crippen LogP contribution in [0.2, 0.25) is 0 Å². The molecule has 1 unspecified atom stereocenters. The van der Waals surface area contributed by atoms with Crippen molar-refractivity contribution < 1.29 is 18.3 Å². The first-order valence-corrected chi connectivity index (χ1v) is 10.9. The molecule has 1 amide bonds. The van der Waals surface area contributed by atoms with Crippen LogP contribution in [-0.2, 0) is 16.4 Å². The molecule has 0 heterocycles. The molecule has 0 aliphatic heterocycles. The lowest BCUT2D eigenvalue weighted by molar-refractivity contribution is 0.0922. The molecule has 2 rings (SSSR count). The van der Waals surface area contributed by atoms with E-state index in [-0.39, 0.29) is 17.1 Å². The number of carbonyl (C=O) groups excluding carboxylic acids is 1. The van der Waals surface area contributed by atoms with Gasteiger partial charge >= 0.3 is 0 Å². The third-order valence-corrected chi connectivity index (χ3v) is 5.94. The molecule has 3 N–H and O–H groups in total. The molecule has 6 nitrogen and oxygen atoms in total. The molecule has 28 heavy (non-hydrogen) atoms. The Bertz CT molecular complexity index is 909. The van der Waals surface area contributed by atoms with Crippen LogP contribution in [0.15, 0.2) is 47.4 Å². The fraction of sp³-hybridized carbons (Fsp3) is 0.381. The summed E-state index contributed by atoms with van der Waals surface area (Å²) in [6, 6.07) is 11.4. The summed E-state index contributed by atoms with van der Waals surface area (Å²) in [5, 5.41) is 11.7. The number of carbonyl (C=O) groups is 1. The normalized spacial score (nSPS) is 12.4. The van der Waals surface area contributed by atoms with E-state index in [2.05, 4.69) is 17.0 Å². The molecule has 0 aromatic heterocycles. The number of aryl methyl sites for hydroxylation is 2. The predicted octanol–water partition coefficient (Wildman–Crippen LogP) is 3.25. The summed E-state index contributed by atoms with van der Waals surface area (Å²) < 4.78 is 28.3. The zero-order valence-electron chi connectivity index (χ0n) is 16.5. The van der Waals surface area contributed by atoms with E-state index in [9.17, 15) is 13.2 Å². The zero-order valence-corrected chi connectivity index (χ0v) is 17.3. The Labute approximate surface area is 167 Å². The first-order chi connectivity index (χ1) is 13.3. The summed E-state index contributed by atoms with van der Waals surface area (Å²) in [7, 11) is -3.84. The van der Waals surface area contributed by atoms with E-state index in [1.165, 1.54) is 6.07 Å². The minimum Gasteiger partial charge on any atom is -0.394 e. The maximum Gasteiger partial charge on any atom is 0.262 e. The van der Waals surface area contributed by atoms with Gasteiger partial charge in [-0.1, -0.05) is 31.5 Å². The van der Waals surface area contributed by atoms with Gasteiger partial charge in [0.15, 0.2) is 0 Å². The molecule has 0 aliphatic carbocycles. The number of rotatable bonds is 9. The van der Waals surface area contributed by atoms with Crippen LogP contribution in [-0.4, -0.2) is 32.1 Å². The van der Waals surface area contributed by atoms with Gasteiger partial charge in [-0.3, -0.25) is 9.52 Å². The van der Waals surface area contributed by atoms with Crippen molar-refractivity contribution in [3.63, 3.8) is 0 Å². The largest absolute Gasteiger partial charge is 0.394 e. The number of unbranched alkanes of at least 4 members (excludes halogenated alkanes) is 1. The summed E-state index contributed by atoms with van der Waals surface area (Å²) in [6.07, 6.45) is 3.16. The van der Waals surface area contributed by atoms with E-state index >= 15 is 0 Å². The van der Waals surface area contributed by atoms with Crippen molar-refractivity contribution in [1.82, 2.24) is 5.32 Å². The lowest BCUT2D eigenvalue weighted by Crippen LogP contribution is -2.35. The molecule has 1 atom stereocenters. The molecule has 0 fully saturated rings.